The minimum absolute atomic E-state index is 0. The first-order chi connectivity index (χ1) is 21.2. The van der Waals surface area contributed by atoms with E-state index in [1.54, 1.807) is 0 Å². The summed E-state index contributed by atoms with van der Waals surface area (Å²) in [4.78, 5) is 27.6. The third kappa shape index (κ3) is 13.4. The van der Waals surface area contributed by atoms with Crippen molar-refractivity contribution in [2.75, 3.05) is 41.8 Å². The fourth-order valence-electron chi connectivity index (χ4n) is 4.20. The van der Waals surface area contributed by atoms with E-state index in [4.69, 9.17) is 0 Å². The molecule has 3 aromatic carbocycles. The number of carbonyl (C=O) groups excluding carboxylic acids is 1. The molecule has 4 N–H and O–H groups in total. The van der Waals surface area contributed by atoms with Gasteiger partial charge in [0.2, 0.25) is 17.8 Å². The van der Waals surface area contributed by atoms with E-state index in [1.165, 1.54) is 41.3 Å². The van der Waals surface area contributed by atoms with Gasteiger partial charge < -0.3 is 54.9 Å². The van der Waals surface area contributed by atoms with Gasteiger partial charge >= 0.3 is 118 Å². The fraction of sp³-hybridized carbons (Fsp3) is 0.200. The molecule has 18 nitrogen and oxygen atoms in total. The van der Waals surface area contributed by atoms with E-state index in [9.17, 15) is 51.3 Å². The van der Waals surface area contributed by atoms with Crippen molar-refractivity contribution in [3.8, 4) is 0 Å². The van der Waals surface area contributed by atoms with Crippen LogP contribution in [0.4, 0.5) is 29.2 Å². The molecule has 0 aliphatic heterocycles. The largest absolute Gasteiger partial charge is 1.00 e. The van der Waals surface area contributed by atoms with Crippen LogP contribution in [0.15, 0.2) is 58.3 Å². The molecule has 4 aromatic rings. The first-order valence-corrected chi connectivity index (χ1v) is 15.4. The summed E-state index contributed by atoms with van der Waals surface area (Å²) in [6.07, 6.45) is 0. The molecule has 0 unspecified atom stereocenters. The first-order valence-electron chi connectivity index (χ1n) is 12.6. The fourth-order valence-corrected chi connectivity index (χ4v) is 5.53. The SMILES string of the molecule is O=C([O-])c1cc(CO[O-])cc(Nc2nc(Nc3ccc4c(S(=O)(=O)[O-])cc(S(=O)(=O)[O-])cc4c3)nc(N(CCO)CCO)n2)c1.[Na+].[Na+].[Na+].[Na+]. The van der Waals surface area contributed by atoms with Crippen LogP contribution in [0.25, 0.3) is 10.8 Å². The third-order valence-corrected chi connectivity index (χ3v) is 7.75. The van der Waals surface area contributed by atoms with E-state index >= 15 is 0 Å². The molecule has 24 heteroatoms. The maximum atomic E-state index is 11.8. The summed E-state index contributed by atoms with van der Waals surface area (Å²) in [6, 6.07) is 8.84. The summed E-state index contributed by atoms with van der Waals surface area (Å²) in [5, 5.41) is 46.5. The average molecular weight is 755 g/mol. The Morgan fingerprint density at radius 1 is 0.796 bits per heavy atom. The Hall–Kier alpha value is -0.540. The molecule has 49 heavy (non-hydrogen) atoms. The predicted octanol–water partition coefficient (Wildman–Crippen LogP) is -13.7. The molecular weight excluding hydrogens is 732 g/mol. The molecule has 0 aliphatic carbocycles. The molecule has 1 heterocycles. The van der Waals surface area contributed by atoms with Crippen LogP contribution in [0.5, 0.6) is 0 Å². The molecule has 0 aliphatic rings. The summed E-state index contributed by atoms with van der Waals surface area (Å²) >= 11 is 0. The van der Waals surface area contributed by atoms with Gasteiger partial charge in [0, 0.05) is 24.5 Å². The van der Waals surface area contributed by atoms with E-state index in [0.717, 1.165) is 6.07 Å². The van der Waals surface area contributed by atoms with Crippen LogP contribution in [0, 0.1) is 0 Å². The zero-order chi connectivity index (χ0) is 32.9. The second-order valence-electron chi connectivity index (χ2n) is 9.20. The van der Waals surface area contributed by atoms with Crippen molar-refractivity contribution < 1.29 is 174 Å². The number of aromatic carboxylic acids is 1. The average Bonchev–Trinajstić information content (AvgIpc) is 2.95. The van der Waals surface area contributed by atoms with E-state index < -0.39 is 42.6 Å². The number of hydrogen-bond acceptors (Lipinski definition) is 18. The molecule has 0 saturated heterocycles. The minimum Gasteiger partial charge on any atom is -0.744 e. The normalized spacial score (nSPS) is 10.9. The molecule has 0 atom stereocenters. The van der Waals surface area contributed by atoms with Gasteiger partial charge in [-0.2, -0.15) is 15.0 Å². The summed E-state index contributed by atoms with van der Waals surface area (Å²) in [5.41, 5.74) is 0.118. The van der Waals surface area contributed by atoms with E-state index in [1.807, 2.05) is 0 Å². The molecular formula is C25H22N6Na4O12S2. The first kappa shape index (κ1) is 48.5. The van der Waals surface area contributed by atoms with Crippen molar-refractivity contribution >= 4 is 66.2 Å². The smallest absolute Gasteiger partial charge is 0.744 e. The summed E-state index contributed by atoms with van der Waals surface area (Å²) in [7, 11) is -10.3. The Labute approximate surface area is 368 Å². The van der Waals surface area contributed by atoms with Gasteiger partial charge in [-0.1, -0.05) is 6.07 Å². The number of hydrogen-bond donors (Lipinski definition) is 4. The van der Waals surface area contributed by atoms with Crippen LogP contribution in [-0.2, 0) is 31.7 Å². The number of carboxylic acid groups (broad SMARTS) is 1. The van der Waals surface area contributed by atoms with Gasteiger partial charge in [0.25, 0.3) is 0 Å². The zero-order valence-electron chi connectivity index (χ0n) is 26.7. The Balaban J connectivity index is 0.00000576. The van der Waals surface area contributed by atoms with Gasteiger partial charge in [0.15, 0.2) is 0 Å². The van der Waals surface area contributed by atoms with Crippen LogP contribution in [0.1, 0.15) is 15.9 Å². The zero-order valence-corrected chi connectivity index (χ0v) is 36.4. The third-order valence-electron chi connectivity index (χ3n) is 6.06. The topological polar surface area (TPSA) is 293 Å². The van der Waals surface area contributed by atoms with Crippen molar-refractivity contribution in [1.82, 2.24) is 15.0 Å². The summed E-state index contributed by atoms with van der Waals surface area (Å²) in [6.45, 7) is -1.24. The van der Waals surface area contributed by atoms with Crippen molar-refractivity contribution in [3.05, 3.63) is 59.7 Å². The number of carboxylic acids is 1. The number of aliphatic hydroxyl groups excluding tert-OH is 2. The molecule has 0 amide bonds. The van der Waals surface area contributed by atoms with Crippen molar-refractivity contribution in [2.24, 2.45) is 0 Å². The van der Waals surface area contributed by atoms with Gasteiger partial charge in [0.05, 0.1) is 35.6 Å². The number of aliphatic hydroxyl groups is 2. The maximum absolute atomic E-state index is 11.8. The molecule has 0 fully saturated rings. The van der Waals surface area contributed by atoms with Crippen molar-refractivity contribution in [1.29, 1.82) is 0 Å². The van der Waals surface area contributed by atoms with Crippen LogP contribution < -0.4 is 144 Å². The number of anilines is 5. The van der Waals surface area contributed by atoms with E-state index in [-0.39, 0.29) is 196 Å². The number of nitrogens with one attached hydrogen (secondary N) is 2. The number of aromatic nitrogens is 3. The number of benzene rings is 3. The van der Waals surface area contributed by atoms with E-state index in [0.29, 0.717) is 6.07 Å². The summed E-state index contributed by atoms with van der Waals surface area (Å²) < 4.78 is 70.4. The molecule has 0 radical (unpaired) electrons. The molecule has 0 saturated carbocycles. The Kier molecular flexibility index (Phi) is 21.0. The maximum Gasteiger partial charge on any atom is 1.00 e. The number of nitrogens with zero attached hydrogens (tertiary/aromatic N) is 4. The standard InChI is InChI=1S/C25H26N6O12S2.4Na/c32-5-3-31(4-6-33)25-29-23(28-24(30-25)27-18-8-14(13-43-36)7-16(10-18)22(34)35)26-17-1-2-20-15(9-17)11-19(44(37,38)39)12-21(20)45(40,41)42;;;;/h1-2,7-12,32-33,36H,3-6,13H2,(H,34,35)(H,37,38,39)(H,40,41,42)(H2,26,27,28,29,30);;;;/q;4*+1/p-4. The van der Waals surface area contributed by atoms with Gasteiger partial charge in [-0.15, -0.1) is 0 Å². The van der Waals surface area contributed by atoms with Crippen LogP contribution in [0.2, 0.25) is 0 Å². The minimum atomic E-state index is -5.19. The quantitative estimate of drug-likeness (QED) is 0.0402. The molecule has 0 bridgehead atoms. The number of carbonyl (C=O) groups is 1. The van der Waals surface area contributed by atoms with Crippen molar-refractivity contribution in [3.63, 3.8) is 0 Å². The van der Waals surface area contributed by atoms with Crippen LogP contribution >= 0.6 is 0 Å². The second kappa shape index (κ2) is 21.2. The molecule has 0 spiro atoms. The second-order valence-corrected chi connectivity index (χ2v) is 11.9. The van der Waals surface area contributed by atoms with E-state index in [2.05, 4.69) is 30.5 Å². The Bertz CT molecular complexity index is 1970. The number of fused-ring (bicyclic) bond motifs is 1. The van der Waals surface area contributed by atoms with Crippen LogP contribution in [-0.4, -0.2) is 83.4 Å². The Morgan fingerprint density at radius 2 is 1.39 bits per heavy atom. The van der Waals surface area contributed by atoms with Gasteiger partial charge in [0.1, 0.15) is 20.2 Å². The molecule has 240 valence electrons. The van der Waals surface area contributed by atoms with Gasteiger partial charge in [-0.05, 0) is 64.4 Å². The van der Waals surface area contributed by atoms with Gasteiger partial charge in [-0.3, -0.25) is 0 Å². The van der Waals surface area contributed by atoms with Crippen molar-refractivity contribution in [2.45, 2.75) is 16.4 Å². The molecule has 1 aromatic heterocycles. The van der Waals surface area contributed by atoms with Gasteiger partial charge in [-0.25, -0.2) is 16.8 Å². The number of rotatable bonds is 14. The molecule has 4 rings (SSSR count). The van der Waals surface area contributed by atoms with Crippen LogP contribution in [0.3, 0.4) is 0 Å². The monoisotopic (exact) mass is 754 g/mol. The Morgan fingerprint density at radius 3 is 1.90 bits per heavy atom. The predicted molar refractivity (Wildman–Crippen MR) is 148 cm³/mol. The summed E-state index contributed by atoms with van der Waals surface area (Å²) in [5.74, 6) is -1.99.